The molecule has 1 atom stereocenters. The van der Waals surface area contributed by atoms with Crippen molar-refractivity contribution in [2.24, 2.45) is 5.92 Å². The quantitative estimate of drug-likeness (QED) is 0.562. The summed E-state index contributed by atoms with van der Waals surface area (Å²) in [5.41, 5.74) is 0. The zero-order valence-corrected chi connectivity index (χ0v) is 5.17. The summed E-state index contributed by atoms with van der Waals surface area (Å²) in [4.78, 5) is 10.3. The summed E-state index contributed by atoms with van der Waals surface area (Å²) < 4.78 is 4.96. The van der Waals surface area contributed by atoms with Gasteiger partial charge in [0, 0.05) is 6.61 Å². The molecule has 1 aliphatic rings. The minimum atomic E-state index is -0.727. The number of aliphatic carboxylic acids is 1. The molecule has 0 aliphatic carbocycles. The van der Waals surface area contributed by atoms with Crippen LogP contribution < -0.4 is 0 Å². The van der Waals surface area contributed by atoms with Gasteiger partial charge < -0.3 is 9.84 Å². The van der Waals surface area contributed by atoms with Crippen LogP contribution in [0, 0.1) is 5.92 Å². The minimum Gasteiger partial charge on any atom is -0.481 e. The molecule has 1 heterocycles. The number of rotatable bonds is 1. The maximum absolute atomic E-state index is 10.3. The highest BCUT2D eigenvalue weighted by atomic mass is 16.5. The molecular weight excluding hydrogens is 120 g/mol. The van der Waals surface area contributed by atoms with Crippen LogP contribution in [0.4, 0.5) is 0 Å². The van der Waals surface area contributed by atoms with Gasteiger partial charge >= 0.3 is 5.97 Å². The molecule has 1 rings (SSSR count). The van der Waals surface area contributed by atoms with Crippen molar-refractivity contribution >= 4 is 5.97 Å². The predicted molar refractivity (Wildman–Crippen MR) is 31.2 cm³/mol. The number of carboxylic acids is 1. The number of hydrogen-bond acceptors (Lipinski definition) is 2. The highest BCUT2D eigenvalue weighted by Crippen LogP contribution is 2.12. The van der Waals surface area contributed by atoms with Crippen LogP contribution in [0.5, 0.6) is 0 Å². The van der Waals surface area contributed by atoms with Crippen LogP contribution in [-0.4, -0.2) is 24.3 Å². The third-order valence-corrected chi connectivity index (χ3v) is 1.51. The van der Waals surface area contributed by atoms with Crippen LogP contribution in [0.3, 0.4) is 0 Å². The Kier molecular flexibility index (Phi) is 2.05. The van der Waals surface area contributed by atoms with Crippen LogP contribution in [0.2, 0.25) is 0 Å². The molecule has 1 N–H and O–H groups in total. The minimum absolute atomic E-state index is 0.251. The van der Waals surface area contributed by atoms with Crippen molar-refractivity contribution in [3.8, 4) is 0 Å². The fourth-order valence-corrected chi connectivity index (χ4v) is 0.935. The van der Waals surface area contributed by atoms with Gasteiger partial charge in [0.15, 0.2) is 0 Å². The van der Waals surface area contributed by atoms with E-state index in [1.54, 1.807) is 0 Å². The smallest absolute Gasteiger partial charge is 0.308 e. The number of carbonyl (C=O) groups is 1. The molecule has 0 aromatic heterocycles. The zero-order chi connectivity index (χ0) is 6.69. The van der Waals surface area contributed by atoms with Crippen molar-refractivity contribution in [2.45, 2.75) is 12.8 Å². The van der Waals surface area contributed by atoms with Gasteiger partial charge in [0.25, 0.3) is 0 Å². The highest BCUT2D eigenvalue weighted by Gasteiger charge is 2.20. The van der Waals surface area contributed by atoms with Gasteiger partial charge in [-0.25, -0.2) is 0 Å². The van der Waals surface area contributed by atoms with E-state index >= 15 is 0 Å². The molecule has 1 fully saturated rings. The summed E-state index contributed by atoms with van der Waals surface area (Å²) in [7, 11) is 0. The second-order valence-corrected chi connectivity index (χ2v) is 2.25. The SMILES string of the molecule is O=C(O)[C@H]1CCCOC1. The maximum atomic E-state index is 10.3. The van der Waals surface area contributed by atoms with Gasteiger partial charge in [-0.15, -0.1) is 0 Å². The van der Waals surface area contributed by atoms with Crippen molar-refractivity contribution in [3.63, 3.8) is 0 Å². The summed E-state index contributed by atoms with van der Waals surface area (Å²) in [6, 6.07) is 0. The molecule has 0 radical (unpaired) electrons. The van der Waals surface area contributed by atoms with Crippen LogP contribution >= 0.6 is 0 Å². The number of hydrogen-bond donors (Lipinski definition) is 1. The van der Waals surface area contributed by atoms with Gasteiger partial charge in [0.1, 0.15) is 0 Å². The van der Waals surface area contributed by atoms with E-state index in [0.29, 0.717) is 6.61 Å². The number of carboxylic acid groups (broad SMARTS) is 1. The normalized spacial score (nSPS) is 27.8. The first-order valence-electron chi connectivity index (χ1n) is 3.11. The van der Waals surface area contributed by atoms with Gasteiger partial charge in [-0.2, -0.15) is 0 Å². The highest BCUT2D eigenvalue weighted by molar-refractivity contribution is 5.70. The van der Waals surface area contributed by atoms with E-state index in [4.69, 9.17) is 9.84 Å². The van der Waals surface area contributed by atoms with E-state index in [1.807, 2.05) is 0 Å². The molecule has 0 saturated carbocycles. The van der Waals surface area contributed by atoms with Crippen molar-refractivity contribution in [2.75, 3.05) is 13.2 Å². The molecule has 1 saturated heterocycles. The fraction of sp³-hybridized carbons (Fsp3) is 0.833. The molecule has 0 unspecified atom stereocenters. The Morgan fingerprint density at radius 2 is 2.44 bits per heavy atom. The molecule has 9 heavy (non-hydrogen) atoms. The van der Waals surface area contributed by atoms with E-state index in [2.05, 4.69) is 0 Å². The van der Waals surface area contributed by atoms with Gasteiger partial charge in [-0.05, 0) is 12.8 Å². The topological polar surface area (TPSA) is 46.5 Å². The summed E-state index contributed by atoms with van der Waals surface area (Å²) in [6.45, 7) is 1.12. The molecule has 0 amide bonds. The zero-order valence-electron chi connectivity index (χ0n) is 5.17. The van der Waals surface area contributed by atoms with E-state index in [9.17, 15) is 4.79 Å². The van der Waals surface area contributed by atoms with Crippen LogP contribution in [0.25, 0.3) is 0 Å². The molecule has 3 heteroatoms. The molecule has 0 aromatic rings. The lowest BCUT2D eigenvalue weighted by molar-refractivity contribution is -0.145. The molecule has 1 aliphatic heterocycles. The second-order valence-electron chi connectivity index (χ2n) is 2.25. The predicted octanol–water partition coefficient (Wildman–Crippen LogP) is 0.498. The Hall–Kier alpha value is -0.570. The summed E-state index contributed by atoms with van der Waals surface area (Å²) in [6.07, 6.45) is 1.66. The molecule has 52 valence electrons. The first-order chi connectivity index (χ1) is 4.30. The molecule has 0 aromatic carbocycles. The molecule has 0 spiro atoms. The molecule has 0 bridgehead atoms. The fourth-order valence-electron chi connectivity index (χ4n) is 0.935. The van der Waals surface area contributed by atoms with Gasteiger partial charge in [0.2, 0.25) is 0 Å². The number of ether oxygens (including phenoxy) is 1. The lowest BCUT2D eigenvalue weighted by Crippen LogP contribution is -2.24. The van der Waals surface area contributed by atoms with Crippen LogP contribution in [0.1, 0.15) is 12.8 Å². The summed E-state index contributed by atoms with van der Waals surface area (Å²) >= 11 is 0. The van der Waals surface area contributed by atoms with Crippen molar-refractivity contribution in [1.29, 1.82) is 0 Å². The standard InChI is InChI=1S/C6H10O3/c7-6(8)5-2-1-3-9-4-5/h5H,1-4H2,(H,7,8)/t5-/m0/s1. The van der Waals surface area contributed by atoms with E-state index in [1.165, 1.54) is 0 Å². The average molecular weight is 130 g/mol. The molecular formula is C6H10O3. The van der Waals surface area contributed by atoms with Crippen molar-refractivity contribution < 1.29 is 14.6 Å². The van der Waals surface area contributed by atoms with Gasteiger partial charge in [-0.3, -0.25) is 4.79 Å². The van der Waals surface area contributed by atoms with E-state index in [0.717, 1.165) is 19.4 Å². The Labute approximate surface area is 53.6 Å². The Bertz CT molecular complexity index is 105. The van der Waals surface area contributed by atoms with Crippen molar-refractivity contribution in [1.82, 2.24) is 0 Å². The van der Waals surface area contributed by atoms with E-state index in [-0.39, 0.29) is 5.92 Å². The summed E-state index contributed by atoms with van der Waals surface area (Å²) in [5, 5.41) is 8.46. The Morgan fingerprint density at radius 3 is 2.78 bits per heavy atom. The maximum Gasteiger partial charge on any atom is 0.308 e. The van der Waals surface area contributed by atoms with E-state index < -0.39 is 5.97 Å². The lowest BCUT2D eigenvalue weighted by atomic mass is 10.0. The monoisotopic (exact) mass is 130 g/mol. The Balaban J connectivity index is 2.31. The Morgan fingerprint density at radius 1 is 1.67 bits per heavy atom. The first kappa shape index (κ1) is 6.55. The molecule has 3 nitrogen and oxygen atoms in total. The third-order valence-electron chi connectivity index (χ3n) is 1.51. The van der Waals surface area contributed by atoms with Crippen LogP contribution in [0.15, 0.2) is 0 Å². The third kappa shape index (κ3) is 1.68. The largest absolute Gasteiger partial charge is 0.481 e. The average Bonchev–Trinajstić information content (AvgIpc) is 1.90. The first-order valence-corrected chi connectivity index (χ1v) is 3.11. The summed E-state index contributed by atoms with van der Waals surface area (Å²) in [5.74, 6) is -0.978. The van der Waals surface area contributed by atoms with Crippen molar-refractivity contribution in [3.05, 3.63) is 0 Å². The van der Waals surface area contributed by atoms with Crippen LogP contribution in [-0.2, 0) is 9.53 Å². The second kappa shape index (κ2) is 2.82. The lowest BCUT2D eigenvalue weighted by Gasteiger charge is -2.17. The van der Waals surface area contributed by atoms with Gasteiger partial charge in [-0.1, -0.05) is 0 Å². The van der Waals surface area contributed by atoms with Gasteiger partial charge in [0.05, 0.1) is 12.5 Å².